The summed E-state index contributed by atoms with van der Waals surface area (Å²) in [5, 5.41) is 21.1. The SMILES string of the molecule is CCCCCCCCCCCCCCCCCC(=O)OC[C@H](COP(=O)(O)OCCNC(=O)COCCNC(=O)Cc1ccc(-c2nnc(C)nn2)cc1)OC(=O)CCCCCCCCCCCCCCCCC. The van der Waals surface area contributed by atoms with Crippen LogP contribution in [0.15, 0.2) is 24.3 Å². The molecule has 0 radical (unpaired) electrons. The van der Waals surface area contributed by atoms with Gasteiger partial charge >= 0.3 is 19.8 Å². The van der Waals surface area contributed by atoms with E-state index in [4.69, 9.17) is 23.3 Å². The van der Waals surface area contributed by atoms with Crippen molar-refractivity contribution in [1.82, 2.24) is 31.0 Å². The van der Waals surface area contributed by atoms with Crippen molar-refractivity contribution in [3.63, 3.8) is 0 Å². The minimum Gasteiger partial charge on any atom is -0.462 e. The molecule has 0 aliphatic carbocycles. The van der Waals surface area contributed by atoms with E-state index in [0.717, 1.165) is 49.7 Å². The number of nitrogens with zero attached hydrogens (tertiary/aromatic N) is 4. The molecule has 1 aromatic heterocycles. The van der Waals surface area contributed by atoms with Crippen LogP contribution in [0.3, 0.4) is 0 Å². The first-order valence-corrected chi connectivity index (χ1v) is 30.2. The van der Waals surface area contributed by atoms with Crippen molar-refractivity contribution in [1.29, 1.82) is 0 Å². The van der Waals surface area contributed by atoms with Crippen molar-refractivity contribution in [2.75, 3.05) is 46.1 Å². The molecule has 2 aromatic rings. The summed E-state index contributed by atoms with van der Waals surface area (Å²) < 4.78 is 39.4. The van der Waals surface area contributed by atoms with Gasteiger partial charge < -0.3 is 29.7 Å². The van der Waals surface area contributed by atoms with Crippen LogP contribution in [0.2, 0.25) is 0 Å². The molecule has 3 N–H and O–H groups in total. The lowest BCUT2D eigenvalue weighted by molar-refractivity contribution is -0.161. The normalized spacial score (nSPS) is 12.5. The second-order valence-electron chi connectivity index (χ2n) is 19.7. The smallest absolute Gasteiger partial charge is 0.462 e. The molecule has 0 bridgehead atoms. The summed E-state index contributed by atoms with van der Waals surface area (Å²) in [6.07, 6.45) is 35.9. The molecule has 0 spiro atoms. The molecule has 1 unspecified atom stereocenters. The van der Waals surface area contributed by atoms with E-state index in [1.54, 1.807) is 31.2 Å². The van der Waals surface area contributed by atoms with Crippen LogP contribution in [0.25, 0.3) is 11.4 Å². The van der Waals surface area contributed by atoms with Gasteiger partial charge in [0.1, 0.15) is 13.2 Å². The first-order valence-electron chi connectivity index (χ1n) is 28.7. The third-order valence-electron chi connectivity index (χ3n) is 12.8. The number of aromatic nitrogens is 4. The summed E-state index contributed by atoms with van der Waals surface area (Å²) in [7, 11) is -4.65. The summed E-state index contributed by atoms with van der Waals surface area (Å²) in [6.45, 7) is 4.82. The Kier molecular flexibility index (Phi) is 40.6. The van der Waals surface area contributed by atoms with Crippen molar-refractivity contribution in [3.05, 3.63) is 35.7 Å². The standard InChI is InChI=1S/C56H97N6O11P/c1-4-6-8-10-12-14-16-18-20-22-24-26-28-30-32-34-54(65)70-45-51(73-55(66)35-33-31-29-27-25-23-21-19-17-15-13-11-9-7-5-2)46-72-74(67,68)71-43-41-58-53(64)47-69-42-40-57-52(63)44-49-36-38-50(39-37-49)56-61-59-48(3)60-62-56/h36-39,51H,4-35,40-47H2,1-3H3,(H,57,63)(H,58,64)(H,67,68)/t51-/m1/s1. The number of esters is 2. The minimum absolute atomic E-state index is 0.0824. The maximum absolute atomic E-state index is 12.9. The highest BCUT2D eigenvalue weighted by Gasteiger charge is 2.26. The molecule has 17 nitrogen and oxygen atoms in total. The van der Waals surface area contributed by atoms with Crippen LogP contribution >= 0.6 is 7.82 Å². The van der Waals surface area contributed by atoms with E-state index >= 15 is 0 Å². The van der Waals surface area contributed by atoms with E-state index in [9.17, 15) is 28.6 Å². The third kappa shape index (κ3) is 38.6. The minimum atomic E-state index is -4.65. The van der Waals surface area contributed by atoms with Gasteiger partial charge in [0, 0.05) is 31.5 Å². The lowest BCUT2D eigenvalue weighted by Crippen LogP contribution is -2.33. The molecule has 0 aliphatic rings. The van der Waals surface area contributed by atoms with Crippen LogP contribution < -0.4 is 10.6 Å². The Balaban J connectivity index is 1.65. The van der Waals surface area contributed by atoms with Crippen LogP contribution in [-0.2, 0) is 53.4 Å². The van der Waals surface area contributed by atoms with Gasteiger partial charge in [0.2, 0.25) is 17.6 Å². The van der Waals surface area contributed by atoms with E-state index < -0.39 is 38.4 Å². The maximum atomic E-state index is 12.9. The highest BCUT2D eigenvalue weighted by molar-refractivity contribution is 7.47. The first kappa shape index (κ1) is 66.2. The second-order valence-corrected chi connectivity index (χ2v) is 21.1. The number of aryl methyl sites for hydroxylation is 1. The lowest BCUT2D eigenvalue weighted by Gasteiger charge is -2.20. The number of rotatable bonds is 50. The van der Waals surface area contributed by atoms with E-state index in [1.807, 2.05) is 0 Å². The Morgan fingerprint density at radius 1 is 0.541 bits per heavy atom. The largest absolute Gasteiger partial charge is 0.472 e. The van der Waals surface area contributed by atoms with Gasteiger partial charge in [-0.2, -0.15) is 0 Å². The number of nitrogens with one attached hydrogen (secondary N) is 2. The average molecular weight is 1060 g/mol. The van der Waals surface area contributed by atoms with E-state index in [0.29, 0.717) is 24.5 Å². The van der Waals surface area contributed by atoms with Crippen LogP contribution in [-0.4, -0.2) is 101 Å². The van der Waals surface area contributed by atoms with Gasteiger partial charge in [0.25, 0.3) is 0 Å². The van der Waals surface area contributed by atoms with Crippen LogP contribution in [0.5, 0.6) is 0 Å². The lowest BCUT2D eigenvalue weighted by atomic mass is 10.0. The van der Waals surface area contributed by atoms with Gasteiger partial charge in [-0.1, -0.05) is 218 Å². The van der Waals surface area contributed by atoms with E-state index in [-0.39, 0.29) is 64.7 Å². The van der Waals surface area contributed by atoms with E-state index in [2.05, 4.69) is 44.9 Å². The zero-order valence-corrected chi connectivity index (χ0v) is 46.8. The highest BCUT2D eigenvalue weighted by atomic mass is 31.2. The summed E-state index contributed by atoms with van der Waals surface area (Å²) in [6, 6.07) is 7.16. The molecule has 1 heterocycles. The molecule has 0 saturated heterocycles. The molecule has 0 saturated carbocycles. The van der Waals surface area contributed by atoms with Gasteiger partial charge in [0.05, 0.1) is 26.2 Å². The number of amides is 2. The zero-order valence-electron chi connectivity index (χ0n) is 45.9. The summed E-state index contributed by atoms with van der Waals surface area (Å²) in [4.78, 5) is 60.6. The van der Waals surface area contributed by atoms with Crippen molar-refractivity contribution in [3.8, 4) is 11.4 Å². The molecule has 422 valence electrons. The number of hydrogen-bond donors (Lipinski definition) is 3. The topological polar surface area (TPSA) is 227 Å². The molecule has 2 rings (SSSR count). The number of phosphoric acid groups is 1. The molecule has 2 atom stereocenters. The summed E-state index contributed by atoms with van der Waals surface area (Å²) >= 11 is 0. The number of ether oxygens (including phenoxy) is 3. The van der Waals surface area contributed by atoms with Crippen LogP contribution in [0.1, 0.15) is 231 Å². The van der Waals surface area contributed by atoms with Crippen molar-refractivity contribution >= 4 is 31.6 Å². The van der Waals surface area contributed by atoms with Crippen LogP contribution in [0, 0.1) is 6.92 Å². The Labute approximate surface area is 444 Å². The quantitative estimate of drug-likeness (QED) is 0.0318. The predicted octanol–water partition coefficient (Wildman–Crippen LogP) is 12.1. The number of carbonyl (C=O) groups excluding carboxylic acids is 4. The average Bonchev–Trinajstić information content (AvgIpc) is 3.38. The summed E-state index contributed by atoms with van der Waals surface area (Å²) in [5.74, 6) is -0.788. The van der Waals surface area contributed by atoms with Gasteiger partial charge in [-0.3, -0.25) is 28.2 Å². The number of phosphoric ester groups is 1. The zero-order chi connectivity index (χ0) is 53.6. The fraction of sp³-hybridized carbons (Fsp3) is 0.786. The third-order valence-corrected chi connectivity index (χ3v) is 13.7. The van der Waals surface area contributed by atoms with Gasteiger partial charge in [-0.25, -0.2) is 4.57 Å². The van der Waals surface area contributed by atoms with Gasteiger partial charge in [0.15, 0.2) is 11.9 Å². The number of carbonyl (C=O) groups is 4. The molecule has 74 heavy (non-hydrogen) atoms. The van der Waals surface area contributed by atoms with Gasteiger partial charge in [-0.05, 0) is 25.3 Å². The number of unbranched alkanes of at least 4 members (excludes halogenated alkanes) is 28. The highest BCUT2D eigenvalue weighted by Crippen LogP contribution is 2.43. The Hall–Kier alpha value is -3.89. The Bertz CT molecular complexity index is 1780. The molecule has 1 aromatic carbocycles. The number of hydrogen-bond acceptors (Lipinski definition) is 14. The first-order chi connectivity index (χ1) is 36.0. The molecule has 0 fully saturated rings. The summed E-state index contributed by atoms with van der Waals surface area (Å²) in [5.41, 5.74) is 1.51. The Morgan fingerprint density at radius 2 is 0.973 bits per heavy atom. The predicted molar refractivity (Wildman–Crippen MR) is 290 cm³/mol. The van der Waals surface area contributed by atoms with Gasteiger partial charge in [-0.15, -0.1) is 20.4 Å². The molecular weight excluding hydrogens is 964 g/mol. The molecule has 18 heteroatoms. The molecule has 2 amide bonds. The number of benzene rings is 1. The molecular formula is C56H97N6O11P. The maximum Gasteiger partial charge on any atom is 0.472 e. The van der Waals surface area contributed by atoms with E-state index in [1.165, 1.54) is 141 Å². The molecule has 0 aliphatic heterocycles. The van der Waals surface area contributed by atoms with Crippen LogP contribution in [0.4, 0.5) is 0 Å². The van der Waals surface area contributed by atoms with Crippen molar-refractivity contribution < 1.29 is 51.9 Å². The van der Waals surface area contributed by atoms with Crippen molar-refractivity contribution in [2.24, 2.45) is 0 Å². The second kappa shape index (κ2) is 45.3. The Morgan fingerprint density at radius 3 is 1.46 bits per heavy atom. The fourth-order valence-electron chi connectivity index (χ4n) is 8.36. The monoisotopic (exact) mass is 1060 g/mol. The fourth-order valence-corrected chi connectivity index (χ4v) is 9.11. The van der Waals surface area contributed by atoms with Crippen molar-refractivity contribution in [2.45, 2.75) is 239 Å².